The number of pyridine rings is 2. The number of anilines is 1. The maximum atomic E-state index is 12.3. The number of methoxy groups -OCH3 is 1. The van der Waals surface area contributed by atoms with Gasteiger partial charge in [0.25, 0.3) is 0 Å². The second-order valence-corrected chi connectivity index (χ2v) is 7.12. The Morgan fingerprint density at radius 2 is 2.00 bits per heavy atom. The molecule has 4 rings (SSSR count). The average Bonchev–Trinajstić information content (AvgIpc) is 3.31. The number of nitrogens with zero attached hydrogens (tertiary/aromatic N) is 3. The smallest absolute Gasteiger partial charge is 0.176 e. The highest BCUT2D eigenvalue weighted by molar-refractivity contribution is 5.99. The minimum atomic E-state index is -0.00358. The topological polar surface area (TPSA) is 69.3 Å². The molecule has 156 valence electrons. The predicted octanol–water partition coefficient (Wildman–Crippen LogP) is 4.30. The molecule has 4 heterocycles. The van der Waals surface area contributed by atoms with E-state index in [0.29, 0.717) is 25.5 Å². The monoisotopic (exact) mass is 406 g/mol. The second-order valence-electron chi connectivity index (χ2n) is 7.12. The van der Waals surface area contributed by atoms with Crippen LogP contribution in [0.1, 0.15) is 30.8 Å². The summed E-state index contributed by atoms with van der Waals surface area (Å²) in [6.07, 6.45) is 4.78. The molecule has 0 radical (unpaired) electrons. The zero-order valence-electron chi connectivity index (χ0n) is 17.5. The Morgan fingerprint density at radius 3 is 2.77 bits per heavy atom. The first-order valence-corrected chi connectivity index (χ1v) is 10.1. The van der Waals surface area contributed by atoms with E-state index in [4.69, 9.17) is 14.5 Å². The summed E-state index contributed by atoms with van der Waals surface area (Å²) < 4.78 is 15.0. The molecule has 0 saturated carbocycles. The van der Waals surface area contributed by atoms with Crippen LogP contribution in [0.2, 0.25) is 0 Å². The Morgan fingerprint density at radius 1 is 1.13 bits per heavy atom. The van der Waals surface area contributed by atoms with Crippen LogP contribution >= 0.6 is 0 Å². The van der Waals surface area contributed by atoms with E-state index in [2.05, 4.69) is 12.2 Å². The molecule has 4 aromatic heterocycles. The number of aromatic nitrogens is 3. The second kappa shape index (κ2) is 8.59. The van der Waals surface area contributed by atoms with Crippen LogP contribution in [0.5, 0.6) is 5.75 Å². The highest BCUT2D eigenvalue weighted by Crippen LogP contribution is 2.35. The van der Waals surface area contributed by atoms with E-state index < -0.39 is 0 Å². The first-order valence-electron chi connectivity index (χ1n) is 10.1. The maximum Gasteiger partial charge on any atom is 0.176 e. The van der Waals surface area contributed by atoms with Crippen LogP contribution in [0.25, 0.3) is 22.4 Å². The van der Waals surface area contributed by atoms with Crippen molar-refractivity contribution in [1.29, 1.82) is 0 Å². The number of nitrogens with one attached hydrogen (secondary N) is 1. The van der Waals surface area contributed by atoms with E-state index in [0.717, 1.165) is 40.4 Å². The molecule has 0 spiro atoms. The molecule has 0 aliphatic heterocycles. The quantitative estimate of drug-likeness (QED) is 0.331. The first-order chi connectivity index (χ1) is 14.6. The molecule has 7 heteroatoms. The van der Waals surface area contributed by atoms with Crippen molar-refractivity contribution in [3.05, 3.63) is 54.5 Å². The predicted molar refractivity (Wildman–Crippen MR) is 118 cm³/mol. The summed E-state index contributed by atoms with van der Waals surface area (Å²) >= 11 is 0. The highest BCUT2D eigenvalue weighted by Gasteiger charge is 2.21. The molecule has 0 bridgehead atoms. The van der Waals surface area contributed by atoms with E-state index >= 15 is 0 Å². The summed E-state index contributed by atoms with van der Waals surface area (Å²) in [5.74, 6) is 1.64. The third-order valence-electron chi connectivity index (χ3n) is 4.96. The number of hydrogen-bond acceptors (Lipinski definition) is 5. The van der Waals surface area contributed by atoms with Gasteiger partial charge in [-0.25, -0.2) is 4.98 Å². The first kappa shape index (κ1) is 20.0. The van der Waals surface area contributed by atoms with Gasteiger partial charge in [-0.3, -0.25) is 9.20 Å². The number of carbonyl (C=O) groups is 1. The van der Waals surface area contributed by atoms with Crippen LogP contribution in [0, 0.1) is 0 Å². The molecule has 0 unspecified atom stereocenters. The van der Waals surface area contributed by atoms with Crippen LogP contribution in [-0.2, 0) is 4.74 Å². The van der Waals surface area contributed by atoms with Gasteiger partial charge in [0, 0.05) is 44.6 Å². The average molecular weight is 406 g/mol. The third kappa shape index (κ3) is 3.64. The molecule has 0 fully saturated rings. The minimum Gasteiger partial charge on any atom is -0.493 e. The van der Waals surface area contributed by atoms with Gasteiger partial charge in [-0.1, -0.05) is 13.0 Å². The van der Waals surface area contributed by atoms with Crippen LogP contribution in [0.4, 0.5) is 5.82 Å². The van der Waals surface area contributed by atoms with Crippen molar-refractivity contribution >= 4 is 22.8 Å². The number of carbonyl (C=O) groups excluding carboxylic acids is 1. The molecular formula is C23H26N4O3. The Hall–Kier alpha value is -3.32. The summed E-state index contributed by atoms with van der Waals surface area (Å²) in [5, 5.41) is 3.44. The van der Waals surface area contributed by atoms with E-state index in [-0.39, 0.29) is 5.78 Å². The molecule has 0 amide bonds. The maximum absolute atomic E-state index is 12.3. The molecular weight excluding hydrogens is 380 g/mol. The lowest BCUT2D eigenvalue weighted by Crippen LogP contribution is -2.10. The lowest BCUT2D eigenvalue weighted by atomic mass is 10.1. The molecule has 0 aliphatic carbocycles. The van der Waals surface area contributed by atoms with Crippen molar-refractivity contribution in [2.75, 3.05) is 32.2 Å². The van der Waals surface area contributed by atoms with Gasteiger partial charge in [0.1, 0.15) is 22.9 Å². The van der Waals surface area contributed by atoms with Gasteiger partial charge < -0.3 is 19.2 Å². The SMILES string of the molecule is CCCOc1ccn2c(C(C)=O)cc(-c3nc4ccccn4c3NCCOC)c2c1. The van der Waals surface area contributed by atoms with Gasteiger partial charge in [-0.15, -0.1) is 0 Å². The van der Waals surface area contributed by atoms with E-state index in [1.807, 2.05) is 57.6 Å². The van der Waals surface area contributed by atoms with Crippen LogP contribution < -0.4 is 10.1 Å². The fourth-order valence-corrected chi connectivity index (χ4v) is 3.57. The van der Waals surface area contributed by atoms with Crippen molar-refractivity contribution in [2.24, 2.45) is 0 Å². The lowest BCUT2D eigenvalue weighted by Gasteiger charge is -2.09. The van der Waals surface area contributed by atoms with Crippen molar-refractivity contribution in [2.45, 2.75) is 20.3 Å². The summed E-state index contributed by atoms with van der Waals surface area (Å²) in [7, 11) is 1.68. The van der Waals surface area contributed by atoms with Gasteiger partial charge in [-0.05, 0) is 30.7 Å². The fourth-order valence-electron chi connectivity index (χ4n) is 3.57. The number of Topliss-reactive ketones (excluding diaryl/α,β-unsaturated/α-hetero) is 1. The van der Waals surface area contributed by atoms with Gasteiger partial charge in [0.15, 0.2) is 5.78 Å². The molecule has 1 N–H and O–H groups in total. The van der Waals surface area contributed by atoms with Crippen molar-refractivity contribution in [1.82, 2.24) is 13.8 Å². The highest BCUT2D eigenvalue weighted by atomic mass is 16.5. The molecule has 7 nitrogen and oxygen atoms in total. The number of hydrogen-bond donors (Lipinski definition) is 1. The Labute approximate surface area is 175 Å². The molecule has 0 saturated heterocycles. The van der Waals surface area contributed by atoms with Crippen molar-refractivity contribution < 1.29 is 14.3 Å². The Bertz CT molecular complexity index is 1190. The fraction of sp³-hybridized carbons (Fsp3) is 0.304. The van der Waals surface area contributed by atoms with Crippen molar-refractivity contribution in [3.63, 3.8) is 0 Å². The van der Waals surface area contributed by atoms with E-state index in [1.54, 1.807) is 14.0 Å². The summed E-state index contributed by atoms with van der Waals surface area (Å²) in [6.45, 7) is 5.51. The van der Waals surface area contributed by atoms with Gasteiger partial charge in [-0.2, -0.15) is 0 Å². The zero-order chi connectivity index (χ0) is 21.1. The number of ketones is 1. The van der Waals surface area contributed by atoms with Crippen LogP contribution in [-0.4, -0.2) is 46.4 Å². The summed E-state index contributed by atoms with van der Waals surface area (Å²) in [5.41, 5.74) is 3.99. The Balaban J connectivity index is 1.92. The molecule has 0 aromatic carbocycles. The van der Waals surface area contributed by atoms with Gasteiger partial charge in [0.2, 0.25) is 0 Å². The lowest BCUT2D eigenvalue weighted by molar-refractivity contribution is 0.101. The number of fused-ring (bicyclic) bond motifs is 2. The largest absolute Gasteiger partial charge is 0.493 e. The molecule has 4 aromatic rings. The van der Waals surface area contributed by atoms with Crippen LogP contribution in [0.3, 0.4) is 0 Å². The van der Waals surface area contributed by atoms with Gasteiger partial charge in [0.05, 0.1) is 24.4 Å². The number of imidazole rings is 1. The van der Waals surface area contributed by atoms with Gasteiger partial charge >= 0.3 is 0 Å². The minimum absolute atomic E-state index is 0.00358. The standard InChI is InChI=1S/C23H26N4O3/c1-4-12-30-17-8-11-26-19(16(2)28)15-18(20(26)14-17)22-23(24-9-13-29-3)27-10-6-5-7-21(27)25-22/h5-8,10-11,14-15,24H,4,9,12-13H2,1-3H3. The normalized spacial score (nSPS) is 11.3. The Kier molecular flexibility index (Phi) is 5.72. The molecule has 0 aliphatic rings. The molecule has 30 heavy (non-hydrogen) atoms. The zero-order valence-corrected chi connectivity index (χ0v) is 17.5. The number of ether oxygens (including phenoxy) is 2. The van der Waals surface area contributed by atoms with Crippen LogP contribution in [0.15, 0.2) is 48.8 Å². The summed E-state index contributed by atoms with van der Waals surface area (Å²) in [4.78, 5) is 17.2. The van der Waals surface area contributed by atoms with Crippen molar-refractivity contribution in [3.8, 4) is 17.0 Å². The van der Waals surface area contributed by atoms with E-state index in [1.165, 1.54) is 0 Å². The molecule has 0 atom stereocenters. The third-order valence-corrected chi connectivity index (χ3v) is 4.96. The summed E-state index contributed by atoms with van der Waals surface area (Å²) in [6, 6.07) is 11.7. The van der Waals surface area contributed by atoms with E-state index in [9.17, 15) is 4.79 Å². The number of rotatable bonds is 9.